The lowest BCUT2D eigenvalue weighted by Gasteiger charge is -2.25. The number of carbonyl (C=O) groups is 3. The number of fused-ring (bicyclic) bond motifs is 2. The quantitative estimate of drug-likeness (QED) is 0.417. The molecule has 4 aliphatic heterocycles. The van der Waals surface area contributed by atoms with E-state index in [1.165, 1.54) is 0 Å². The van der Waals surface area contributed by atoms with Crippen LogP contribution < -0.4 is 5.32 Å². The Bertz CT molecular complexity index is 724. The highest BCUT2D eigenvalue weighted by atomic mass is 35.5. The fourth-order valence-electron chi connectivity index (χ4n) is 4.94. The summed E-state index contributed by atoms with van der Waals surface area (Å²) < 4.78 is 10.7. The SMILES string of the molecule is CC(C)(C)OC(=O)N1CC2CN(C(=O)Cl)CC2C1.CC(C)(C)OC(=O)N1CC2CNCC2C1. The van der Waals surface area contributed by atoms with Gasteiger partial charge in [-0.05, 0) is 65.0 Å². The molecule has 4 unspecified atom stereocenters. The van der Waals surface area contributed by atoms with Gasteiger partial charge in [-0.25, -0.2) is 9.59 Å². The number of nitrogens with one attached hydrogen (secondary N) is 1. The molecule has 4 fully saturated rings. The van der Waals surface area contributed by atoms with Gasteiger partial charge >= 0.3 is 17.6 Å². The molecule has 0 aromatic carbocycles. The standard InChI is InChI=1S/C12H19ClN2O3.C11H20N2O2/c1-12(2,3)18-11(17)15-6-8-4-14(10(13)16)5-9(8)7-15;1-11(2,3)15-10(14)13-6-8-4-12-5-9(8)7-13/h8-9H,4-7H2,1-3H3;8-9,12H,4-7H2,1-3H3. The van der Waals surface area contributed by atoms with Crippen LogP contribution >= 0.6 is 11.6 Å². The zero-order valence-electron chi connectivity index (χ0n) is 20.7. The van der Waals surface area contributed by atoms with Crippen LogP contribution in [-0.4, -0.2) is 95.8 Å². The summed E-state index contributed by atoms with van der Waals surface area (Å²) in [5.74, 6) is 1.94. The van der Waals surface area contributed by atoms with Crippen molar-refractivity contribution in [2.75, 3.05) is 52.4 Å². The van der Waals surface area contributed by atoms with Crippen LogP contribution in [0.5, 0.6) is 0 Å². The Balaban J connectivity index is 0.000000189. The summed E-state index contributed by atoms with van der Waals surface area (Å²) in [6.45, 7) is 17.7. The molecule has 0 aromatic rings. The number of hydrogen-bond acceptors (Lipinski definition) is 6. The first-order valence-corrected chi connectivity index (χ1v) is 12.2. The molecule has 10 heteroatoms. The van der Waals surface area contributed by atoms with E-state index in [-0.39, 0.29) is 17.8 Å². The van der Waals surface area contributed by atoms with Crippen LogP contribution in [-0.2, 0) is 9.47 Å². The zero-order chi connectivity index (χ0) is 24.6. The summed E-state index contributed by atoms with van der Waals surface area (Å²) in [6.07, 6.45) is -0.419. The Labute approximate surface area is 202 Å². The van der Waals surface area contributed by atoms with Gasteiger partial charge < -0.3 is 29.5 Å². The van der Waals surface area contributed by atoms with Crippen LogP contribution in [0.15, 0.2) is 0 Å². The number of carbonyl (C=O) groups excluding carboxylic acids is 3. The lowest BCUT2D eigenvalue weighted by atomic mass is 10.0. The molecule has 188 valence electrons. The molecule has 0 bridgehead atoms. The second-order valence-electron chi connectivity index (χ2n) is 11.6. The largest absolute Gasteiger partial charge is 0.444 e. The van der Waals surface area contributed by atoms with Crippen LogP contribution in [0.4, 0.5) is 14.4 Å². The minimum absolute atomic E-state index is 0.156. The summed E-state index contributed by atoms with van der Waals surface area (Å²) in [6, 6.07) is 0. The molecule has 4 rings (SSSR count). The molecular formula is C23H39ClN4O5. The van der Waals surface area contributed by atoms with Gasteiger partial charge in [-0.3, -0.25) is 4.79 Å². The van der Waals surface area contributed by atoms with Gasteiger partial charge in [0.1, 0.15) is 11.2 Å². The van der Waals surface area contributed by atoms with Crippen LogP contribution in [0, 0.1) is 23.7 Å². The van der Waals surface area contributed by atoms with Crippen molar-refractivity contribution in [3.63, 3.8) is 0 Å². The van der Waals surface area contributed by atoms with E-state index in [9.17, 15) is 14.4 Å². The van der Waals surface area contributed by atoms with Crippen LogP contribution in [0.1, 0.15) is 41.5 Å². The molecule has 0 aliphatic carbocycles. The first-order chi connectivity index (χ1) is 15.2. The van der Waals surface area contributed by atoms with E-state index in [0.29, 0.717) is 49.9 Å². The van der Waals surface area contributed by atoms with Crippen LogP contribution in [0.25, 0.3) is 0 Å². The number of rotatable bonds is 0. The van der Waals surface area contributed by atoms with Gasteiger partial charge in [-0.2, -0.15) is 0 Å². The summed E-state index contributed by atoms with van der Waals surface area (Å²) in [5, 5.41) is 2.96. The third-order valence-corrected chi connectivity index (χ3v) is 6.67. The number of halogens is 1. The fourth-order valence-corrected chi connectivity index (χ4v) is 5.08. The predicted molar refractivity (Wildman–Crippen MR) is 125 cm³/mol. The normalized spacial score (nSPS) is 28.8. The Morgan fingerprint density at radius 2 is 1.00 bits per heavy atom. The third-order valence-electron chi connectivity index (χ3n) is 6.43. The van der Waals surface area contributed by atoms with E-state index < -0.39 is 11.0 Å². The van der Waals surface area contributed by atoms with Crippen molar-refractivity contribution in [3.8, 4) is 0 Å². The lowest BCUT2D eigenvalue weighted by Crippen LogP contribution is -2.37. The molecule has 33 heavy (non-hydrogen) atoms. The van der Waals surface area contributed by atoms with Gasteiger partial charge in [-0.15, -0.1) is 0 Å². The van der Waals surface area contributed by atoms with E-state index >= 15 is 0 Å². The van der Waals surface area contributed by atoms with Crippen molar-refractivity contribution in [3.05, 3.63) is 0 Å². The van der Waals surface area contributed by atoms with Crippen LogP contribution in [0.2, 0.25) is 0 Å². The van der Waals surface area contributed by atoms with E-state index in [1.54, 1.807) is 9.80 Å². The van der Waals surface area contributed by atoms with Crippen molar-refractivity contribution in [1.82, 2.24) is 20.0 Å². The van der Waals surface area contributed by atoms with Gasteiger partial charge in [0, 0.05) is 64.2 Å². The summed E-state index contributed by atoms with van der Waals surface area (Å²) in [5.41, 5.74) is -0.847. The molecule has 0 aromatic heterocycles. The maximum absolute atomic E-state index is 11.9. The van der Waals surface area contributed by atoms with E-state index in [1.807, 2.05) is 46.4 Å². The van der Waals surface area contributed by atoms with Gasteiger partial charge in [0.25, 0.3) is 0 Å². The van der Waals surface area contributed by atoms with E-state index in [0.717, 1.165) is 26.2 Å². The lowest BCUT2D eigenvalue weighted by molar-refractivity contribution is 0.0269. The number of ether oxygens (including phenoxy) is 2. The molecule has 9 nitrogen and oxygen atoms in total. The van der Waals surface area contributed by atoms with Crippen molar-refractivity contribution < 1.29 is 23.9 Å². The molecule has 0 saturated carbocycles. The van der Waals surface area contributed by atoms with Gasteiger partial charge in [-0.1, -0.05) is 0 Å². The minimum Gasteiger partial charge on any atom is -0.444 e. The Hall–Kier alpha value is -1.74. The van der Waals surface area contributed by atoms with Crippen molar-refractivity contribution in [1.29, 1.82) is 0 Å². The summed E-state index contributed by atoms with van der Waals surface area (Å²) in [7, 11) is 0. The highest BCUT2D eigenvalue weighted by molar-refractivity contribution is 6.62. The van der Waals surface area contributed by atoms with Gasteiger partial charge in [0.05, 0.1) is 0 Å². The maximum atomic E-state index is 11.9. The number of likely N-dealkylation sites (tertiary alicyclic amines) is 3. The maximum Gasteiger partial charge on any atom is 0.410 e. The van der Waals surface area contributed by atoms with E-state index in [2.05, 4.69) is 5.32 Å². The predicted octanol–water partition coefficient (Wildman–Crippen LogP) is 3.22. The zero-order valence-corrected chi connectivity index (χ0v) is 21.5. The Morgan fingerprint density at radius 3 is 1.33 bits per heavy atom. The first kappa shape index (κ1) is 25.9. The number of amides is 3. The summed E-state index contributed by atoms with van der Waals surface area (Å²) >= 11 is 5.46. The van der Waals surface area contributed by atoms with Crippen molar-refractivity contribution in [2.45, 2.75) is 52.7 Å². The smallest absolute Gasteiger partial charge is 0.410 e. The summed E-state index contributed by atoms with van der Waals surface area (Å²) in [4.78, 5) is 40.0. The van der Waals surface area contributed by atoms with Crippen molar-refractivity contribution >= 4 is 29.2 Å². The molecule has 0 spiro atoms. The topological polar surface area (TPSA) is 91.4 Å². The molecule has 4 saturated heterocycles. The van der Waals surface area contributed by atoms with Crippen LogP contribution in [0.3, 0.4) is 0 Å². The molecule has 1 N–H and O–H groups in total. The monoisotopic (exact) mass is 486 g/mol. The third kappa shape index (κ3) is 7.12. The van der Waals surface area contributed by atoms with Crippen molar-refractivity contribution in [2.24, 2.45) is 23.7 Å². The average molecular weight is 487 g/mol. The average Bonchev–Trinajstić information content (AvgIpc) is 3.38. The highest BCUT2D eigenvalue weighted by Crippen LogP contribution is 2.32. The molecule has 0 radical (unpaired) electrons. The molecule has 4 atom stereocenters. The molecule has 4 heterocycles. The highest BCUT2D eigenvalue weighted by Gasteiger charge is 2.44. The molecule has 4 aliphatic rings. The number of hydrogen-bond donors (Lipinski definition) is 1. The second-order valence-corrected chi connectivity index (χ2v) is 12.0. The number of nitrogens with zero attached hydrogens (tertiary/aromatic N) is 3. The molecule has 3 amide bonds. The fraction of sp³-hybridized carbons (Fsp3) is 0.870. The van der Waals surface area contributed by atoms with Gasteiger partial charge in [0.15, 0.2) is 0 Å². The Morgan fingerprint density at radius 1 is 0.667 bits per heavy atom. The molecular weight excluding hydrogens is 448 g/mol. The first-order valence-electron chi connectivity index (χ1n) is 11.8. The van der Waals surface area contributed by atoms with Gasteiger partial charge in [0.2, 0.25) is 0 Å². The Kier molecular flexibility index (Phi) is 7.73. The minimum atomic E-state index is -0.465. The second kappa shape index (κ2) is 9.86. The van der Waals surface area contributed by atoms with E-state index in [4.69, 9.17) is 21.1 Å².